The Balaban J connectivity index is 1.91. The quantitative estimate of drug-likeness (QED) is 0.472. The first-order chi connectivity index (χ1) is 16.9. The summed E-state index contributed by atoms with van der Waals surface area (Å²) in [5.74, 6) is 0.763. The molecule has 0 N–H and O–H groups in total. The zero-order valence-corrected chi connectivity index (χ0v) is 21.3. The summed E-state index contributed by atoms with van der Waals surface area (Å²) >= 11 is 1.29. The Morgan fingerprint density at radius 2 is 1.83 bits per heavy atom. The van der Waals surface area contributed by atoms with Crippen molar-refractivity contribution < 1.29 is 19.0 Å². The van der Waals surface area contributed by atoms with Gasteiger partial charge >= 0.3 is 5.97 Å². The Hall–Kier alpha value is -3.65. The molecule has 1 aromatic heterocycles. The van der Waals surface area contributed by atoms with E-state index in [0.29, 0.717) is 38.7 Å². The van der Waals surface area contributed by atoms with Crippen molar-refractivity contribution >= 4 is 23.4 Å². The number of nitrogens with zero attached hydrogens (tertiary/aromatic N) is 2. The molecule has 0 bridgehead atoms. The molecule has 0 amide bonds. The Bertz CT molecular complexity index is 1460. The van der Waals surface area contributed by atoms with E-state index in [4.69, 9.17) is 14.2 Å². The molecule has 2 heterocycles. The van der Waals surface area contributed by atoms with Crippen molar-refractivity contribution in [1.29, 1.82) is 0 Å². The van der Waals surface area contributed by atoms with E-state index in [1.54, 1.807) is 31.6 Å². The number of fused-ring (bicyclic) bond motifs is 1. The fraction of sp³-hybridized carbons (Fsp3) is 0.296. The highest BCUT2D eigenvalue weighted by Gasteiger charge is 2.33. The van der Waals surface area contributed by atoms with E-state index < -0.39 is 12.0 Å². The molecule has 8 heteroatoms. The van der Waals surface area contributed by atoms with Crippen LogP contribution in [0.2, 0.25) is 0 Å². The number of thiazole rings is 1. The van der Waals surface area contributed by atoms with Crippen LogP contribution in [0.4, 0.5) is 0 Å². The van der Waals surface area contributed by atoms with E-state index in [9.17, 15) is 9.59 Å². The maximum absolute atomic E-state index is 13.7. The third-order valence-corrected chi connectivity index (χ3v) is 6.68. The van der Waals surface area contributed by atoms with E-state index >= 15 is 0 Å². The van der Waals surface area contributed by atoms with Gasteiger partial charge in [0.2, 0.25) is 0 Å². The molecule has 0 aliphatic carbocycles. The van der Waals surface area contributed by atoms with Gasteiger partial charge in [-0.25, -0.2) is 9.79 Å². The number of aryl methyl sites for hydroxylation is 1. The average Bonchev–Trinajstić information content (AvgIpc) is 3.13. The number of hydrogen-bond donors (Lipinski definition) is 0. The topological polar surface area (TPSA) is 79.1 Å². The standard InChI is InChI=1S/C27H28N2O5S/c1-6-33-21-14-18(10-13-20(21)32-5)15-22-25(30)29-24(19-11-8-16(3)9-12-19)23(26(31)34-7-2)17(4)28-27(29)35-22/h8-15,24H,6-7H2,1-5H3/b22-15-/t24-/m0/s1. The van der Waals surface area contributed by atoms with Gasteiger partial charge in [-0.15, -0.1) is 0 Å². The molecule has 35 heavy (non-hydrogen) atoms. The van der Waals surface area contributed by atoms with Crippen molar-refractivity contribution in [3.05, 3.63) is 90.1 Å². The minimum atomic E-state index is -0.622. The molecule has 0 unspecified atom stereocenters. The number of rotatable bonds is 7. The number of ether oxygens (including phenoxy) is 3. The van der Waals surface area contributed by atoms with Crippen molar-refractivity contribution in [3.63, 3.8) is 0 Å². The highest BCUT2D eigenvalue weighted by molar-refractivity contribution is 7.07. The number of carbonyl (C=O) groups is 1. The lowest BCUT2D eigenvalue weighted by Crippen LogP contribution is -2.39. The molecule has 1 aliphatic rings. The summed E-state index contributed by atoms with van der Waals surface area (Å²) in [4.78, 5) is 31.8. The van der Waals surface area contributed by atoms with E-state index in [0.717, 1.165) is 16.7 Å². The van der Waals surface area contributed by atoms with Gasteiger partial charge in [0.1, 0.15) is 0 Å². The predicted molar refractivity (Wildman–Crippen MR) is 136 cm³/mol. The van der Waals surface area contributed by atoms with Gasteiger partial charge in [-0.1, -0.05) is 47.2 Å². The van der Waals surface area contributed by atoms with Gasteiger partial charge in [0.05, 0.1) is 42.2 Å². The average molecular weight is 493 g/mol. The zero-order chi connectivity index (χ0) is 25.1. The van der Waals surface area contributed by atoms with Gasteiger partial charge in [0.15, 0.2) is 16.3 Å². The molecule has 1 aliphatic heterocycles. The number of aromatic nitrogens is 1. The normalized spacial score (nSPS) is 15.5. The molecular formula is C27H28N2O5S. The molecule has 7 nitrogen and oxygen atoms in total. The second-order valence-corrected chi connectivity index (χ2v) is 9.07. The summed E-state index contributed by atoms with van der Waals surface area (Å²) in [6.45, 7) is 8.17. The second kappa shape index (κ2) is 10.3. The van der Waals surface area contributed by atoms with Crippen LogP contribution in [0.15, 0.2) is 63.5 Å². The van der Waals surface area contributed by atoms with Crippen molar-refractivity contribution in [1.82, 2.24) is 4.57 Å². The molecule has 2 aromatic carbocycles. The Morgan fingerprint density at radius 3 is 2.49 bits per heavy atom. The van der Waals surface area contributed by atoms with E-state index in [2.05, 4.69) is 4.99 Å². The van der Waals surface area contributed by atoms with Gasteiger partial charge in [0.25, 0.3) is 5.56 Å². The number of carbonyl (C=O) groups excluding carboxylic acids is 1. The number of esters is 1. The van der Waals surface area contributed by atoms with Crippen LogP contribution in [0.5, 0.6) is 11.5 Å². The van der Waals surface area contributed by atoms with Crippen LogP contribution in [0, 0.1) is 6.92 Å². The summed E-state index contributed by atoms with van der Waals surface area (Å²) in [5, 5.41) is 0. The lowest BCUT2D eigenvalue weighted by molar-refractivity contribution is -0.139. The van der Waals surface area contributed by atoms with Gasteiger partial charge in [-0.05, 0) is 57.0 Å². The molecule has 1 atom stereocenters. The lowest BCUT2D eigenvalue weighted by Gasteiger charge is -2.24. The number of methoxy groups -OCH3 is 1. The second-order valence-electron chi connectivity index (χ2n) is 8.06. The Kier molecular flexibility index (Phi) is 7.21. The first kappa shape index (κ1) is 24.5. The maximum Gasteiger partial charge on any atom is 0.338 e. The van der Waals surface area contributed by atoms with Crippen molar-refractivity contribution in [3.8, 4) is 11.5 Å². The van der Waals surface area contributed by atoms with Crippen LogP contribution < -0.4 is 24.4 Å². The molecule has 0 saturated carbocycles. The van der Waals surface area contributed by atoms with E-state index in [-0.39, 0.29) is 12.2 Å². The Labute approximate surface area is 207 Å². The molecule has 0 saturated heterocycles. The summed E-state index contributed by atoms with van der Waals surface area (Å²) in [6.07, 6.45) is 1.81. The minimum Gasteiger partial charge on any atom is -0.493 e. The molecule has 0 fully saturated rings. The summed E-state index contributed by atoms with van der Waals surface area (Å²) in [7, 11) is 1.59. The number of allylic oxidation sites excluding steroid dienone is 1. The lowest BCUT2D eigenvalue weighted by atomic mass is 9.95. The van der Waals surface area contributed by atoms with Gasteiger partial charge < -0.3 is 14.2 Å². The van der Waals surface area contributed by atoms with Crippen LogP contribution in [-0.4, -0.2) is 30.9 Å². The number of benzene rings is 2. The minimum absolute atomic E-state index is 0.220. The molecule has 3 aromatic rings. The van der Waals surface area contributed by atoms with Crippen molar-refractivity contribution in [2.75, 3.05) is 20.3 Å². The largest absolute Gasteiger partial charge is 0.493 e. The molecule has 182 valence electrons. The highest BCUT2D eigenvalue weighted by Crippen LogP contribution is 2.31. The molecule has 0 spiro atoms. The zero-order valence-electron chi connectivity index (χ0n) is 20.5. The SMILES string of the molecule is CCOC(=O)C1=C(C)N=c2s/c(=C\c3ccc(OC)c(OCC)c3)c(=O)n2[C@H]1c1ccc(C)cc1. The first-order valence-corrected chi connectivity index (χ1v) is 12.3. The number of hydrogen-bond acceptors (Lipinski definition) is 7. The van der Waals surface area contributed by atoms with Crippen LogP contribution in [-0.2, 0) is 9.53 Å². The summed E-state index contributed by atoms with van der Waals surface area (Å²) < 4.78 is 18.5. The van der Waals surface area contributed by atoms with Gasteiger partial charge in [-0.3, -0.25) is 9.36 Å². The predicted octanol–water partition coefficient (Wildman–Crippen LogP) is 3.51. The van der Waals surface area contributed by atoms with E-state index in [1.807, 2.05) is 56.3 Å². The first-order valence-electron chi connectivity index (χ1n) is 11.4. The van der Waals surface area contributed by atoms with Crippen LogP contribution in [0.25, 0.3) is 6.08 Å². The van der Waals surface area contributed by atoms with Gasteiger partial charge in [0, 0.05) is 0 Å². The maximum atomic E-state index is 13.7. The van der Waals surface area contributed by atoms with Gasteiger partial charge in [-0.2, -0.15) is 0 Å². The Morgan fingerprint density at radius 1 is 1.09 bits per heavy atom. The smallest absolute Gasteiger partial charge is 0.338 e. The van der Waals surface area contributed by atoms with Crippen molar-refractivity contribution in [2.45, 2.75) is 33.7 Å². The molecule has 4 rings (SSSR count). The molecule has 0 radical (unpaired) electrons. The third kappa shape index (κ3) is 4.79. The van der Waals surface area contributed by atoms with Crippen LogP contribution in [0.1, 0.15) is 43.5 Å². The fourth-order valence-electron chi connectivity index (χ4n) is 4.06. The van der Waals surface area contributed by atoms with Crippen LogP contribution in [0.3, 0.4) is 0 Å². The third-order valence-electron chi connectivity index (χ3n) is 5.70. The highest BCUT2D eigenvalue weighted by atomic mass is 32.1. The summed E-state index contributed by atoms with van der Waals surface area (Å²) in [6, 6.07) is 12.7. The van der Waals surface area contributed by atoms with Crippen molar-refractivity contribution in [2.24, 2.45) is 4.99 Å². The van der Waals surface area contributed by atoms with E-state index in [1.165, 1.54) is 11.3 Å². The summed E-state index contributed by atoms with van der Waals surface area (Å²) in [5.41, 5.74) is 3.41. The van der Waals surface area contributed by atoms with Crippen LogP contribution >= 0.6 is 11.3 Å². The monoisotopic (exact) mass is 492 g/mol. The molecular weight excluding hydrogens is 464 g/mol. The fourth-order valence-corrected chi connectivity index (χ4v) is 5.11.